The predicted octanol–water partition coefficient (Wildman–Crippen LogP) is 1.57. The molecule has 4 nitrogen and oxygen atoms in total. The minimum Gasteiger partial charge on any atom is -0.304 e. The van der Waals surface area contributed by atoms with Crippen LogP contribution in [0.5, 0.6) is 0 Å². The maximum absolute atomic E-state index is 2.84. The van der Waals surface area contributed by atoms with Crippen LogP contribution in [0.25, 0.3) is 0 Å². The third-order valence-corrected chi connectivity index (χ3v) is 6.23. The zero-order valence-electron chi connectivity index (χ0n) is 15.0. The fourth-order valence-electron chi connectivity index (χ4n) is 4.57. The van der Waals surface area contributed by atoms with Gasteiger partial charge in [-0.05, 0) is 66.2 Å². The third kappa shape index (κ3) is 4.02. The van der Waals surface area contributed by atoms with Gasteiger partial charge in [0.05, 0.1) is 0 Å². The van der Waals surface area contributed by atoms with Crippen LogP contribution in [-0.4, -0.2) is 97.1 Å². The maximum atomic E-state index is 2.84. The van der Waals surface area contributed by atoms with Crippen molar-refractivity contribution in [3.63, 3.8) is 0 Å². The van der Waals surface area contributed by atoms with E-state index in [4.69, 9.17) is 0 Å². The topological polar surface area (TPSA) is 13.0 Å². The van der Waals surface area contributed by atoms with Crippen LogP contribution in [0.3, 0.4) is 0 Å². The maximum Gasteiger partial charge on any atom is 0.0224 e. The summed E-state index contributed by atoms with van der Waals surface area (Å²) in [5, 5.41) is 0. The molecule has 3 rings (SSSR count). The van der Waals surface area contributed by atoms with Crippen molar-refractivity contribution < 1.29 is 0 Å². The number of nitrogens with zero attached hydrogens (tertiary/aromatic N) is 4. The average Bonchev–Trinajstić information content (AvgIpc) is 2.56. The van der Waals surface area contributed by atoms with Gasteiger partial charge in [0.25, 0.3) is 0 Å². The molecule has 1 atom stereocenters. The molecule has 0 bridgehead atoms. The number of likely N-dealkylation sites (tertiary alicyclic amines) is 2. The van der Waals surface area contributed by atoms with E-state index in [1.165, 1.54) is 78.0 Å². The largest absolute Gasteiger partial charge is 0.304 e. The van der Waals surface area contributed by atoms with Gasteiger partial charge >= 0.3 is 0 Å². The van der Waals surface area contributed by atoms with E-state index < -0.39 is 0 Å². The normalized spacial score (nSPS) is 31.9. The molecule has 22 heavy (non-hydrogen) atoms. The molecule has 128 valence electrons. The molecular weight excluding hydrogens is 272 g/mol. The van der Waals surface area contributed by atoms with E-state index in [2.05, 4.69) is 40.5 Å². The summed E-state index contributed by atoms with van der Waals surface area (Å²) in [6, 6.07) is 2.40. The number of hydrogen-bond donors (Lipinski definition) is 0. The third-order valence-electron chi connectivity index (χ3n) is 6.23. The summed E-state index contributed by atoms with van der Waals surface area (Å²) in [5.74, 6) is 0. The monoisotopic (exact) mass is 308 g/mol. The summed E-state index contributed by atoms with van der Waals surface area (Å²) in [4.78, 5) is 10.7. The van der Waals surface area contributed by atoms with Gasteiger partial charge in [0.1, 0.15) is 0 Å². The Bertz CT molecular complexity index is 330. The highest BCUT2D eigenvalue weighted by Crippen LogP contribution is 2.24. The Morgan fingerprint density at radius 3 is 2.05 bits per heavy atom. The Morgan fingerprint density at radius 1 is 0.727 bits per heavy atom. The van der Waals surface area contributed by atoms with Crippen LogP contribution in [-0.2, 0) is 0 Å². The summed E-state index contributed by atoms with van der Waals surface area (Å²) in [7, 11) is 2.26. The van der Waals surface area contributed by atoms with E-state index in [9.17, 15) is 0 Å². The summed E-state index contributed by atoms with van der Waals surface area (Å²) in [6.45, 7) is 15.0. The Morgan fingerprint density at radius 2 is 1.41 bits per heavy atom. The molecule has 3 heterocycles. The zero-order chi connectivity index (χ0) is 15.5. The second-order valence-electron chi connectivity index (χ2n) is 7.99. The van der Waals surface area contributed by atoms with Gasteiger partial charge in [-0.15, -0.1) is 0 Å². The highest BCUT2D eigenvalue weighted by molar-refractivity contribution is 4.88. The Balaban J connectivity index is 1.49. The fraction of sp³-hybridized carbons (Fsp3) is 1.00. The zero-order valence-corrected chi connectivity index (χ0v) is 15.0. The molecular formula is C18H36N4. The molecule has 0 aromatic rings. The van der Waals surface area contributed by atoms with Crippen molar-refractivity contribution in [2.24, 2.45) is 0 Å². The summed E-state index contributed by atoms with van der Waals surface area (Å²) in [6.07, 6.45) is 5.59. The fourth-order valence-corrected chi connectivity index (χ4v) is 4.57. The van der Waals surface area contributed by atoms with Crippen LogP contribution in [0.1, 0.15) is 39.5 Å². The van der Waals surface area contributed by atoms with Crippen LogP contribution >= 0.6 is 0 Å². The number of piperazine rings is 1. The van der Waals surface area contributed by atoms with Gasteiger partial charge in [-0.1, -0.05) is 0 Å². The molecule has 0 radical (unpaired) electrons. The number of likely N-dealkylation sites (N-methyl/N-ethyl adjacent to an activating group) is 1. The van der Waals surface area contributed by atoms with Gasteiger partial charge in [-0.3, -0.25) is 9.80 Å². The molecule has 4 heteroatoms. The van der Waals surface area contributed by atoms with Crippen molar-refractivity contribution in [3.05, 3.63) is 0 Å². The van der Waals surface area contributed by atoms with Crippen LogP contribution in [0.15, 0.2) is 0 Å². The van der Waals surface area contributed by atoms with E-state index in [0.29, 0.717) is 0 Å². The molecule has 3 saturated heterocycles. The second kappa shape index (κ2) is 7.61. The SMILES string of the molecule is CC(C)N1CCC(N2CCCC(N3CCN(C)CC3)C2)CC1. The molecule has 0 amide bonds. The molecule has 3 aliphatic heterocycles. The highest BCUT2D eigenvalue weighted by Gasteiger charge is 2.32. The van der Waals surface area contributed by atoms with Crippen molar-refractivity contribution in [1.29, 1.82) is 0 Å². The molecule has 0 aliphatic carbocycles. The molecule has 0 saturated carbocycles. The lowest BCUT2D eigenvalue weighted by Crippen LogP contribution is -2.57. The number of piperidine rings is 2. The van der Waals surface area contributed by atoms with Gasteiger partial charge in [-0.2, -0.15) is 0 Å². The van der Waals surface area contributed by atoms with Crippen molar-refractivity contribution in [1.82, 2.24) is 19.6 Å². The van der Waals surface area contributed by atoms with E-state index in [-0.39, 0.29) is 0 Å². The Kier molecular flexibility index (Phi) is 5.77. The first-order valence-electron chi connectivity index (χ1n) is 9.54. The predicted molar refractivity (Wildman–Crippen MR) is 93.4 cm³/mol. The van der Waals surface area contributed by atoms with E-state index >= 15 is 0 Å². The first-order valence-corrected chi connectivity index (χ1v) is 9.54. The summed E-state index contributed by atoms with van der Waals surface area (Å²) in [5.41, 5.74) is 0. The van der Waals surface area contributed by atoms with Gasteiger partial charge in [0.15, 0.2) is 0 Å². The van der Waals surface area contributed by atoms with Gasteiger partial charge in [0.2, 0.25) is 0 Å². The van der Waals surface area contributed by atoms with E-state index in [1.54, 1.807) is 0 Å². The minimum atomic E-state index is 0.723. The quantitative estimate of drug-likeness (QED) is 0.784. The minimum absolute atomic E-state index is 0.723. The van der Waals surface area contributed by atoms with E-state index in [0.717, 1.165) is 18.1 Å². The van der Waals surface area contributed by atoms with Gasteiger partial charge in [0, 0.05) is 50.8 Å². The van der Waals surface area contributed by atoms with Gasteiger partial charge in [-0.25, -0.2) is 0 Å². The lowest BCUT2D eigenvalue weighted by Gasteiger charge is -2.47. The lowest BCUT2D eigenvalue weighted by molar-refractivity contribution is 0.0234. The van der Waals surface area contributed by atoms with Crippen LogP contribution in [0, 0.1) is 0 Å². The Labute approximate surface area is 137 Å². The van der Waals surface area contributed by atoms with Crippen LogP contribution in [0.2, 0.25) is 0 Å². The van der Waals surface area contributed by atoms with Gasteiger partial charge < -0.3 is 9.80 Å². The molecule has 1 unspecified atom stereocenters. The molecule has 0 aromatic carbocycles. The van der Waals surface area contributed by atoms with E-state index in [1.807, 2.05) is 0 Å². The van der Waals surface area contributed by atoms with Crippen molar-refractivity contribution in [3.8, 4) is 0 Å². The highest BCUT2D eigenvalue weighted by atomic mass is 15.3. The number of rotatable bonds is 3. The van der Waals surface area contributed by atoms with Crippen LogP contribution < -0.4 is 0 Å². The Hall–Kier alpha value is -0.160. The number of hydrogen-bond acceptors (Lipinski definition) is 4. The first-order chi connectivity index (χ1) is 10.6. The van der Waals surface area contributed by atoms with Crippen LogP contribution in [0.4, 0.5) is 0 Å². The summed E-state index contributed by atoms with van der Waals surface area (Å²) >= 11 is 0. The molecule has 0 spiro atoms. The van der Waals surface area contributed by atoms with Crippen molar-refractivity contribution >= 4 is 0 Å². The standard InChI is InChI=1S/C18H36N4/c1-16(2)20-9-6-17(7-10-20)22-8-4-5-18(15-22)21-13-11-19(3)12-14-21/h16-18H,4-15H2,1-3H3. The summed E-state index contributed by atoms with van der Waals surface area (Å²) < 4.78 is 0. The first kappa shape index (κ1) is 16.7. The lowest BCUT2D eigenvalue weighted by atomic mass is 9.96. The molecule has 3 aliphatic rings. The van der Waals surface area contributed by atoms with Crippen molar-refractivity contribution in [2.45, 2.75) is 57.7 Å². The molecule has 0 N–H and O–H groups in total. The smallest absolute Gasteiger partial charge is 0.0224 e. The van der Waals surface area contributed by atoms with Crippen molar-refractivity contribution in [2.75, 3.05) is 59.4 Å². The molecule has 3 fully saturated rings. The second-order valence-corrected chi connectivity index (χ2v) is 7.99. The molecule has 0 aromatic heterocycles. The average molecular weight is 309 g/mol.